The number of nitrogens with one attached hydrogen (secondary N) is 1. The minimum Gasteiger partial charge on any atom is -0.399 e. The van der Waals surface area contributed by atoms with Crippen LogP contribution in [0.1, 0.15) is 25.7 Å². The Balaban J connectivity index is 1.92. The lowest BCUT2D eigenvalue weighted by Gasteiger charge is -2.30. The van der Waals surface area contributed by atoms with Gasteiger partial charge < -0.3 is 11.1 Å². The van der Waals surface area contributed by atoms with Gasteiger partial charge in [0, 0.05) is 22.3 Å². The molecule has 1 amide bonds. The van der Waals surface area contributed by atoms with Crippen molar-refractivity contribution in [2.24, 2.45) is 11.8 Å². The summed E-state index contributed by atoms with van der Waals surface area (Å²) in [5.74, 6) is 1.38. The third-order valence-electron chi connectivity index (χ3n) is 3.91. The Morgan fingerprint density at radius 2 is 2.24 bits per heavy atom. The van der Waals surface area contributed by atoms with Crippen LogP contribution in [-0.2, 0) is 4.79 Å². The Labute approximate surface area is 130 Å². The number of nitrogens with zero attached hydrogens (tertiary/aromatic N) is 1. The topological polar surface area (TPSA) is 78.9 Å². The summed E-state index contributed by atoms with van der Waals surface area (Å²) in [5, 5.41) is 11.3. The van der Waals surface area contributed by atoms with Crippen molar-refractivity contribution in [3.05, 3.63) is 24.3 Å². The fraction of sp³-hybridized carbons (Fsp3) is 0.500. The summed E-state index contributed by atoms with van der Waals surface area (Å²) >= 11 is 1.76. The Morgan fingerprint density at radius 1 is 1.43 bits per heavy atom. The molecular formula is C16H21N3OS. The standard InChI is InChI=1S/C16H21N3OS/c17-8-9-19-16(20)15-7-2-1-4-12(15)11-21-14-6-3-5-13(18)10-14/h3,5-6,10,12,15H,1-2,4,7,9,11,18H2,(H,19,20). The SMILES string of the molecule is N#CCNC(=O)C1CCCCC1CSc1cccc(N)c1. The summed E-state index contributed by atoms with van der Waals surface area (Å²) in [7, 11) is 0. The molecule has 0 aromatic heterocycles. The highest BCUT2D eigenvalue weighted by molar-refractivity contribution is 7.99. The number of benzene rings is 1. The molecular weight excluding hydrogens is 282 g/mol. The number of carbonyl (C=O) groups is 1. The number of hydrogen-bond donors (Lipinski definition) is 2. The van der Waals surface area contributed by atoms with E-state index in [1.165, 1.54) is 6.42 Å². The smallest absolute Gasteiger partial charge is 0.224 e. The highest BCUT2D eigenvalue weighted by Crippen LogP contribution is 2.34. The highest BCUT2D eigenvalue weighted by atomic mass is 32.2. The summed E-state index contributed by atoms with van der Waals surface area (Å²) in [5.41, 5.74) is 6.56. The third-order valence-corrected chi connectivity index (χ3v) is 5.09. The van der Waals surface area contributed by atoms with Gasteiger partial charge in [0.25, 0.3) is 0 Å². The van der Waals surface area contributed by atoms with Crippen LogP contribution in [0.15, 0.2) is 29.2 Å². The van der Waals surface area contributed by atoms with Gasteiger partial charge in [-0.2, -0.15) is 5.26 Å². The van der Waals surface area contributed by atoms with Crippen molar-refractivity contribution < 1.29 is 4.79 Å². The number of amides is 1. The van der Waals surface area contributed by atoms with Crippen LogP contribution in [0.2, 0.25) is 0 Å². The molecule has 2 atom stereocenters. The molecule has 1 aromatic rings. The number of nitriles is 1. The lowest BCUT2D eigenvalue weighted by molar-refractivity contribution is -0.127. The van der Waals surface area contributed by atoms with Crippen LogP contribution in [0.25, 0.3) is 0 Å². The van der Waals surface area contributed by atoms with Crippen LogP contribution in [-0.4, -0.2) is 18.2 Å². The maximum Gasteiger partial charge on any atom is 0.224 e. The van der Waals surface area contributed by atoms with Gasteiger partial charge in [0.1, 0.15) is 6.54 Å². The van der Waals surface area contributed by atoms with Gasteiger partial charge in [-0.3, -0.25) is 4.79 Å². The van der Waals surface area contributed by atoms with E-state index in [-0.39, 0.29) is 18.4 Å². The van der Waals surface area contributed by atoms with Crippen molar-refractivity contribution in [1.29, 1.82) is 5.26 Å². The fourth-order valence-corrected chi connectivity index (χ4v) is 4.02. The molecule has 0 spiro atoms. The lowest BCUT2D eigenvalue weighted by atomic mass is 9.80. The monoisotopic (exact) mass is 303 g/mol. The predicted molar refractivity (Wildman–Crippen MR) is 85.6 cm³/mol. The Kier molecular flexibility index (Phi) is 5.94. The summed E-state index contributed by atoms with van der Waals surface area (Å²) in [6.07, 6.45) is 4.30. The molecule has 1 saturated carbocycles. The second-order valence-corrected chi connectivity index (χ2v) is 6.50. The van der Waals surface area contributed by atoms with Crippen molar-refractivity contribution in [3.8, 4) is 6.07 Å². The number of rotatable bonds is 5. The molecule has 21 heavy (non-hydrogen) atoms. The van der Waals surface area contributed by atoms with Gasteiger partial charge in [-0.1, -0.05) is 18.9 Å². The van der Waals surface area contributed by atoms with Crippen molar-refractivity contribution in [1.82, 2.24) is 5.32 Å². The molecule has 0 radical (unpaired) electrons. The van der Waals surface area contributed by atoms with Crippen molar-refractivity contribution in [3.63, 3.8) is 0 Å². The maximum absolute atomic E-state index is 12.1. The van der Waals surface area contributed by atoms with Gasteiger partial charge in [0.15, 0.2) is 0 Å². The Morgan fingerprint density at radius 3 is 3.00 bits per heavy atom. The van der Waals surface area contributed by atoms with Crippen LogP contribution in [0.4, 0.5) is 5.69 Å². The van der Waals surface area contributed by atoms with E-state index in [2.05, 4.69) is 11.4 Å². The fourth-order valence-electron chi connectivity index (χ4n) is 2.82. The molecule has 1 aromatic carbocycles. The number of nitrogen functional groups attached to an aromatic ring is 1. The van der Waals surface area contributed by atoms with Crippen LogP contribution in [0.5, 0.6) is 0 Å². The van der Waals surface area contributed by atoms with Crippen LogP contribution >= 0.6 is 11.8 Å². The molecule has 1 aliphatic carbocycles. The summed E-state index contributed by atoms with van der Waals surface area (Å²) in [6.45, 7) is 0.102. The zero-order valence-electron chi connectivity index (χ0n) is 12.0. The number of anilines is 1. The first-order valence-corrected chi connectivity index (χ1v) is 8.32. The van der Waals surface area contributed by atoms with E-state index in [0.29, 0.717) is 5.92 Å². The van der Waals surface area contributed by atoms with E-state index in [9.17, 15) is 4.79 Å². The minimum atomic E-state index is 0.0365. The molecule has 4 nitrogen and oxygen atoms in total. The van der Waals surface area contributed by atoms with E-state index in [0.717, 1.165) is 35.6 Å². The van der Waals surface area contributed by atoms with Gasteiger partial charge in [-0.05, 0) is 37.0 Å². The largest absolute Gasteiger partial charge is 0.399 e. The molecule has 0 heterocycles. The van der Waals surface area contributed by atoms with E-state index >= 15 is 0 Å². The predicted octanol–water partition coefficient (Wildman–Crippen LogP) is 2.81. The van der Waals surface area contributed by atoms with Crippen molar-refractivity contribution in [2.45, 2.75) is 30.6 Å². The molecule has 2 unspecified atom stereocenters. The average Bonchev–Trinajstić information content (AvgIpc) is 2.51. The van der Waals surface area contributed by atoms with Crippen molar-refractivity contribution in [2.75, 3.05) is 18.0 Å². The van der Waals surface area contributed by atoms with Gasteiger partial charge in [0.05, 0.1) is 6.07 Å². The zero-order valence-corrected chi connectivity index (χ0v) is 12.9. The quantitative estimate of drug-likeness (QED) is 0.498. The van der Waals surface area contributed by atoms with Gasteiger partial charge in [-0.15, -0.1) is 11.8 Å². The second kappa shape index (κ2) is 7.94. The highest BCUT2D eigenvalue weighted by Gasteiger charge is 2.30. The number of nitrogens with two attached hydrogens (primary N) is 1. The molecule has 1 fully saturated rings. The molecule has 5 heteroatoms. The number of carbonyl (C=O) groups excluding carboxylic acids is 1. The Bertz CT molecular complexity index is 526. The molecule has 3 N–H and O–H groups in total. The average molecular weight is 303 g/mol. The van der Waals surface area contributed by atoms with Crippen LogP contribution in [0, 0.1) is 23.2 Å². The van der Waals surface area contributed by atoms with Gasteiger partial charge in [0.2, 0.25) is 5.91 Å². The summed E-state index contributed by atoms with van der Waals surface area (Å²) in [6, 6.07) is 9.82. The molecule has 112 valence electrons. The third kappa shape index (κ3) is 4.68. The lowest BCUT2D eigenvalue weighted by Crippen LogP contribution is -2.37. The molecule has 0 bridgehead atoms. The molecule has 0 aliphatic heterocycles. The first kappa shape index (κ1) is 15.7. The van der Waals surface area contributed by atoms with E-state index in [1.807, 2.05) is 24.3 Å². The van der Waals surface area contributed by atoms with Crippen molar-refractivity contribution >= 4 is 23.4 Å². The molecule has 1 aliphatic rings. The van der Waals surface area contributed by atoms with E-state index in [4.69, 9.17) is 11.0 Å². The second-order valence-electron chi connectivity index (χ2n) is 5.41. The minimum absolute atomic E-state index is 0.0365. The van der Waals surface area contributed by atoms with Gasteiger partial charge >= 0.3 is 0 Å². The maximum atomic E-state index is 12.1. The summed E-state index contributed by atoms with van der Waals surface area (Å²) in [4.78, 5) is 13.3. The Hall–Kier alpha value is -1.67. The number of hydrogen-bond acceptors (Lipinski definition) is 4. The van der Waals surface area contributed by atoms with E-state index < -0.39 is 0 Å². The van der Waals surface area contributed by atoms with E-state index in [1.54, 1.807) is 11.8 Å². The number of thioether (sulfide) groups is 1. The van der Waals surface area contributed by atoms with Crippen LogP contribution in [0.3, 0.4) is 0 Å². The van der Waals surface area contributed by atoms with Crippen LogP contribution < -0.4 is 11.1 Å². The zero-order chi connectivity index (χ0) is 15.1. The summed E-state index contributed by atoms with van der Waals surface area (Å²) < 4.78 is 0. The molecule has 2 rings (SSSR count). The first-order valence-electron chi connectivity index (χ1n) is 7.33. The molecule has 0 saturated heterocycles. The normalized spacial score (nSPS) is 21.5. The van der Waals surface area contributed by atoms with Gasteiger partial charge in [-0.25, -0.2) is 0 Å². The first-order chi connectivity index (χ1) is 10.2.